The van der Waals surface area contributed by atoms with Gasteiger partial charge in [0.05, 0.1) is 11.6 Å². The molecule has 1 aliphatic heterocycles. The van der Waals surface area contributed by atoms with Gasteiger partial charge in [-0.3, -0.25) is 4.99 Å². The van der Waals surface area contributed by atoms with E-state index >= 15 is 0 Å². The minimum atomic E-state index is 0. The van der Waals surface area contributed by atoms with Gasteiger partial charge in [0, 0.05) is 49.0 Å². The van der Waals surface area contributed by atoms with E-state index in [0.717, 1.165) is 61.5 Å². The van der Waals surface area contributed by atoms with E-state index in [-0.39, 0.29) is 24.0 Å². The molecule has 1 atom stereocenters. The van der Waals surface area contributed by atoms with Gasteiger partial charge in [-0.15, -0.1) is 35.3 Å². The van der Waals surface area contributed by atoms with Crippen LogP contribution in [-0.2, 0) is 19.4 Å². The topological polar surface area (TPSA) is 80.0 Å². The van der Waals surface area contributed by atoms with Crippen molar-refractivity contribution in [1.82, 2.24) is 30.4 Å². The van der Waals surface area contributed by atoms with E-state index in [0.29, 0.717) is 12.0 Å². The third-order valence-electron chi connectivity index (χ3n) is 4.34. The fourth-order valence-corrected chi connectivity index (χ4v) is 3.76. The van der Waals surface area contributed by atoms with Gasteiger partial charge in [-0.1, -0.05) is 13.8 Å². The summed E-state index contributed by atoms with van der Waals surface area (Å²) < 4.78 is 2.05. The smallest absolute Gasteiger partial charge is 0.191 e. The molecule has 0 radical (unpaired) electrons. The summed E-state index contributed by atoms with van der Waals surface area (Å²) in [6.07, 6.45) is 4.81. The maximum absolute atomic E-state index is 4.72. The molecule has 0 aromatic carbocycles. The second kappa shape index (κ2) is 10.4. The third kappa shape index (κ3) is 6.13. The minimum absolute atomic E-state index is 0. The molecule has 3 heterocycles. The number of hydrogen-bond acceptors (Lipinski definition) is 5. The largest absolute Gasteiger partial charge is 0.357 e. The SMILES string of the molecule is CCNC(=NCCc1ncc(C)s1)NC1CCc2nc(C(C)C)nn2C1.I. The predicted octanol–water partition coefficient (Wildman–Crippen LogP) is 2.90. The summed E-state index contributed by atoms with van der Waals surface area (Å²) in [5, 5.41) is 12.7. The van der Waals surface area contributed by atoms with Gasteiger partial charge in [-0.2, -0.15) is 5.10 Å². The molecule has 2 aromatic heterocycles. The summed E-state index contributed by atoms with van der Waals surface area (Å²) in [5.74, 6) is 3.29. The highest BCUT2D eigenvalue weighted by Gasteiger charge is 2.23. The molecule has 0 bridgehead atoms. The van der Waals surface area contributed by atoms with Crippen molar-refractivity contribution in [3.63, 3.8) is 0 Å². The van der Waals surface area contributed by atoms with Crippen LogP contribution in [0.4, 0.5) is 0 Å². The first-order valence-corrected chi connectivity index (χ1v) is 10.3. The van der Waals surface area contributed by atoms with Gasteiger partial charge in [0.2, 0.25) is 0 Å². The Hall–Kier alpha value is -1.23. The van der Waals surface area contributed by atoms with E-state index in [1.54, 1.807) is 11.3 Å². The lowest BCUT2D eigenvalue weighted by Crippen LogP contribution is -2.47. The molecule has 1 aliphatic rings. The number of fused-ring (bicyclic) bond motifs is 1. The Bertz CT molecular complexity index is 753. The molecule has 0 fully saturated rings. The van der Waals surface area contributed by atoms with Crippen molar-refractivity contribution in [3.05, 3.63) is 27.7 Å². The zero-order valence-electron chi connectivity index (χ0n) is 16.5. The number of nitrogens with zero attached hydrogens (tertiary/aromatic N) is 5. The molecule has 3 rings (SSSR count). The van der Waals surface area contributed by atoms with Crippen molar-refractivity contribution in [2.45, 2.75) is 65.5 Å². The molecule has 2 aromatic rings. The maximum Gasteiger partial charge on any atom is 0.191 e. The summed E-state index contributed by atoms with van der Waals surface area (Å²) in [6.45, 7) is 10.9. The van der Waals surface area contributed by atoms with Crippen molar-refractivity contribution in [2.75, 3.05) is 13.1 Å². The van der Waals surface area contributed by atoms with Crippen molar-refractivity contribution >= 4 is 41.3 Å². The van der Waals surface area contributed by atoms with Crippen LogP contribution in [0.5, 0.6) is 0 Å². The highest BCUT2D eigenvalue weighted by molar-refractivity contribution is 14.0. The first kappa shape index (κ1) is 22.1. The quantitative estimate of drug-likeness (QED) is 0.360. The van der Waals surface area contributed by atoms with Crippen LogP contribution in [0.15, 0.2) is 11.2 Å². The molecule has 27 heavy (non-hydrogen) atoms. The number of hydrogen-bond donors (Lipinski definition) is 2. The zero-order valence-corrected chi connectivity index (χ0v) is 19.7. The van der Waals surface area contributed by atoms with E-state index < -0.39 is 0 Å². The Labute approximate surface area is 182 Å². The standard InChI is InChI=1S/C18H29N7S.HI/c1-5-19-18(20-9-8-16-21-10-13(4)26-16)22-14-6-7-15-23-17(12(2)3)24-25(15)11-14;/h10,12,14H,5-9,11H2,1-4H3,(H2,19,20,22);1H. The molecular weight excluding hydrogens is 473 g/mol. The van der Waals surface area contributed by atoms with Crippen LogP contribution in [0.1, 0.15) is 54.6 Å². The molecule has 0 aliphatic carbocycles. The molecule has 0 spiro atoms. The Balaban J connectivity index is 0.00000261. The monoisotopic (exact) mass is 503 g/mol. The second-order valence-electron chi connectivity index (χ2n) is 6.98. The number of rotatable bonds is 6. The first-order valence-electron chi connectivity index (χ1n) is 9.45. The van der Waals surface area contributed by atoms with Gasteiger partial charge < -0.3 is 10.6 Å². The molecule has 0 saturated heterocycles. The van der Waals surface area contributed by atoms with Gasteiger partial charge in [-0.25, -0.2) is 14.6 Å². The molecule has 1 unspecified atom stereocenters. The number of aromatic nitrogens is 4. The van der Waals surface area contributed by atoms with Gasteiger partial charge in [0.15, 0.2) is 11.8 Å². The first-order chi connectivity index (χ1) is 12.5. The van der Waals surface area contributed by atoms with E-state index in [1.165, 1.54) is 4.88 Å². The van der Waals surface area contributed by atoms with Crippen molar-refractivity contribution in [1.29, 1.82) is 0 Å². The Morgan fingerprint density at radius 3 is 2.93 bits per heavy atom. The summed E-state index contributed by atoms with van der Waals surface area (Å²) in [5.41, 5.74) is 0. The van der Waals surface area contributed by atoms with Crippen LogP contribution in [0.2, 0.25) is 0 Å². The average Bonchev–Trinajstić information content (AvgIpc) is 3.21. The highest BCUT2D eigenvalue weighted by Crippen LogP contribution is 2.17. The lowest BCUT2D eigenvalue weighted by molar-refractivity contribution is 0.391. The number of thiazole rings is 1. The Morgan fingerprint density at radius 2 is 2.26 bits per heavy atom. The maximum atomic E-state index is 4.72. The van der Waals surface area contributed by atoms with Gasteiger partial charge in [-0.05, 0) is 20.3 Å². The number of aryl methyl sites for hydroxylation is 2. The highest BCUT2D eigenvalue weighted by atomic mass is 127. The van der Waals surface area contributed by atoms with Crippen LogP contribution in [-0.4, -0.2) is 44.8 Å². The van der Waals surface area contributed by atoms with Gasteiger partial charge in [0.1, 0.15) is 5.82 Å². The van der Waals surface area contributed by atoms with E-state index in [1.807, 2.05) is 6.20 Å². The molecule has 2 N–H and O–H groups in total. The fourth-order valence-electron chi connectivity index (χ4n) is 2.98. The lowest BCUT2D eigenvalue weighted by atomic mass is 10.1. The molecule has 0 saturated carbocycles. The van der Waals surface area contributed by atoms with Crippen LogP contribution in [0.25, 0.3) is 0 Å². The van der Waals surface area contributed by atoms with Crippen LogP contribution < -0.4 is 10.6 Å². The normalized spacial score (nSPS) is 16.8. The lowest BCUT2D eigenvalue weighted by Gasteiger charge is -2.25. The Morgan fingerprint density at radius 1 is 1.44 bits per heavy atom. The molecule has 0 amide bonds. The van der Waals surface area contributed by atoms with Crippen molar-refractivity contribution < 1.29 is 0 Å². The summed E-state index contributed by atoms with van der Waals surface area (Å²) >= 11 is 1.75. The molecule has 9 heteroatoms. The van der Waals surface area contributed by atoms with E-state index in [4.69, 9.17) is 4.99 Å². The van der Waals surface area contributed by atoms with Crippen LogP contribution in [0.3, 0.4) is 0 Å². The molecular formula is C18H30IN7S. The predicted molar refractivity (Wildman–Crippen MR) is 121 cm³/mol. The number of guanidine groups is 1. The van der Waals surface area contributed by atoms with E-state index in [9.17, 15) is 0 Å². The van der Waals surface area contributed by atoms with Crippen molar-refractivity contribution in [3.8, 4) is 0 Å². The van der Waals surface area contributed by atoms with E-state index in [2.05, 4.69) is 58.1 Å². The van der Waals surface area contributed by atoms with Gasteiger partial charge in [0.25, 0.3) is 0 Å². The number of halogens is 1. The Kier molecular flexibility index (Phi) is 8.46. The third-order valence-corrected chi connectivity index (χ3v) is 5.31. The van der Waals surface area contributed by atoms with Crippen LogP contribution in [0, 0.1) is 6.92 Å². The second-order valence-corrected chi connectivity index (χ2v) is 8.30. The fraction of sp³-hybridized carbons (Fsp3) is 0.667. The summed E-state index contributed by atoms with van der Waals surface area (Å²) in [7, 11) is 0. The van der Waals surface area contributed by atoms with Gasteiger partial charge >= 0.3 is 0 Å². The summed E-state index contributed by atoms with van der Waals surface area (Å²) in [6, 6.07) is 0.323. The molecule has 150 valence electrons. The summed E-state index contributed by atoms with van der Waals surface area (Å²) in [4.78, 5) is 15.0. The zero-order chi connectivity index (χ0) is 18.5. The minimum Gasteiger partial charge on any atom is -0.357 e. The number of nitrogens with one attached hydrogen (secondary N) is 2. The van der Waals surface area contributed by atoms with Crippen LogP contribution >= 0.6 is 35.3 Å². The molecule has 7 nitrogen and oxygen atoms in total. The van der Waals surface area contributed by atoms with Crippen molar-refractivity contribution in [2.24, 2.45) is 4.99 Å². The average molecular weight is 503 g/mol. The number of aliphatic imine (C=N–C) groups is 1.